The Morgan fingerprint density at radius 3 is 2.71 bits per heavy atom. The van der Waals surface area contributed by atoms with Gasteiger partial charge in [0.15, 0.2) is 5.78 Å². The Morgan fingerprint density at radius 1 is 1.36 bits per heavy atom. The summed E-state index contributed by atoms with van der Waals surface area (Å²) in [5.41, 5.74) is 1.92. The summed E-state index contributed by atoms with van der Waals surface area (Å²) in [4.78, 5) is 11.7. The summed E-state index contributed by atoms with van der Waals surface area (Å²) in [6.07, 6.45) is 1.53. The van der Waals surface area contributed by atoms with Crippen molar-refractivity contribution < 1.29 is 4.79 Å². The van der Waals surface area contributed by atoms with Crippen molar-refractivity contribution in [3.8, 4) is 0 Å². The van der Waals surface area contributed by atoms with Crippen molar-refractivity contribution in [2.24, 2.45) is 0 Å². The fourth-order valence-corrected chi connectivity index (χ4v) is 2.34. The minimum Gasteiger partial charge on any atom is -0.294 e. The highest BCUT2D eigenvalue weighted by Crippen LogP contribution is 2.39. The SMILES string of the molecule is CC1(C)CCC(=O)c2c(Cl)cccc21. The van der Waals surface area contributed by atoms with Gasteiger partial charge in [-0.25, -0.2) is 0 Å². The second-order valence-corrected chi connectivity index (χ2v) is 4.88. The van der Waals surface area contributed by atoms with E-state index in [-0.39, 0.29) is 11.2 Å². The normalized spacial score (nSPS) is 19.2. The smallest absolute Gasteiger partial charge is 0.164 e. The van der Waals surface area contributed by atoms with Crippen LogP contribution in [-0.2, 0) is 5.41 Å². The van der Waals surface area contributed by atoms with Crippen LogP contribution < -0.4 is 0 Å². The Bertz CT molecular complexity index is 393. The van der Waals surface area contributed by atoms with E-state index in [1.807, 2.05) is 12.1 Å². The molecule has 2 heteroatoms. The van der Waals surface area contributed by atoms with Crippen LogP contribution in [0, 0.1) is 0 Å². The lowest BCUT2D eigenvalue weighted by Gasteiger charge is -2.31. The Kier molecular flexibility index (Phi) is 2.15. The lowest BCUT2D eigenvalue weighted by molar-refractivity contribution is 0.0957. The predicted octanol–water partition coefficient (Wildman–Crippen LogP) is 3.59. The molecule has 1 aliphatic carbocycles. The van der Waals surface area contributed by atoms with E-state index in [1.54, 1.807) is 6.07 Å². The van der Waals surface area contributed by atoms with Gasteiger partial charge in [-0.2, -0.15) is 0 Å². The number of hydrogen-bond acceptors (Lipinski definition) is 1. The van der Waals surface area contributed by atoms with Crippen molar-refractivity contribution >= 4 is 17.4 Å². The molecule has 1 nitrogen and oxygen atoms in total. The zero-order chi connectivity index (χ0) is 10.3. The summed E-state index contributed by atoms with van der Waals surface area (Å²) >= 11 is 6.04. The second-order valence-electron chi connectivity index (χ2n) is 4.47. The number of hydrogen-bond donors (Lipinski definition) is 0. The molecule has 0 saturated carbocycles. The number of Topliss-reactive ketones (excluding diaryl/α,β-unsaturated/α-hetero) is 1. The van der Waals surface area contributed by atoms with Crippen LogP contribution in [0.3, 0.4) is 0 Å². The van der Waals surface area contributed by atoms with E-state index in [4.69, 9.17) is 11.6 Å². The van der Waals surface area contributed by atoms with E-state index < -0.39 is 0 Å². The first-order chi connectivity index (χ1) is 6.52. The maximum Gasteiger partial charge on any atom is 0.164 e. The first-order valence-electron chi connectivity index (χ1n) is 4.84. The van der Waals surface area contributed by atoms with E-state index in [9.17, 15) is 4.79 Å². The van der Waals surface area contributed by atoms with Crippen molar-refractivity contribution in [3.05, 3.63) is 34.3 Å². The molecule has 0 saturated heterocycles. The Morgan fingerprint density at radius 2 is 2.07 bits per heavy atom. The maximum absolute atomic E-state index is 11.7. The van der Waals surface area contributed by atoms with Crippen LogP contribution in [0.15, 0.2) is 18.2 Å². The molecule has 0 unspecified atom stereocenters. The van der Waals surface area contributed by atoms with Crippen molar-refractivity contribution in [1.29, 1.82) is 0 Å². The van der Waals surface area contributed by atoms with Gasteiger partial charge < -0.3 is 0 Å². The molecule has 0 atom stereocenters. The molecule has 0 aliphatic heterocycles. The van der Waals surface area contributed by atoms with Crippen LogP contribution in [0.4, 0.5) is 0 Å². The highest BCUT2D eigenvalue weighted by atomic mass is 35.5. The average Bonchev–Trinajstić information content (AvgIpc) is 2.12. The van der Waals surface area contributed by atoms with Crippen LogP contribution in [0.1, 0.15) is 42.6 Å². The molecule has 1 aliphatic rings. The minimum atomic E-state index is 0.0775. The zero-order valence-electron chi connectivity index (χ0n) is 8.43. The van der Waals surface area contributed by atoms with E-state index in [0.717, 1.165) is 17.5 Å². The molecule has 2 rings (SSSR count). The number of rotatable bonds is 0. The molecule has 0 aromatic heterocycles. The third kappa shape index (κ3) is 1.36. The van der Waals surface area contributed by atoms with Crippen LogP contribution in [0.25, 0.3) is 0 Å². The van der Waals surface area contributed by atoms with Gasteiger partial charge in [0.1, 0.15) is 0 Å². The van der Waals surface area contributed by atoms with Gasteiger partial charge in [-0.3, -0.25) is 4.79 Å². The molecule has 0 heterocycles. The Labute approximate surface area is 89.1 Å². The summed E-state index contributed by atoms with van der Waals surface area (Å²) in [5.74, 6) is 0.185. The minimum absolute atomic E-state index is 0.0775. The van der Waals surface area contributed by atoms with Gasteiger partial charge in [-0.05, 0) is 23.5 Å². The van der Waals surface area contributed by atoms with E-state index in [0.29, 0.717) is 11.4 Å². The van der Waals surface area contributed by atoms with Crippen molar-refractivity contribution in [1.82, 2.24) is 0 Å². The summed E-state index contributed by atoms with van der Waals surface area (Å²) in [7, 11) is 0. The van der Waals surface area contributed by atoms with Crippen LogP contribution in [0.2, 0.25) is 5.02 Å². The van der Waals surface area contributed by atoms with Crippen molar-refractivity contribution in [3.63, 3.8) is 0 Å². The maximum atomic E-state index is 11.7. The predicted molar refractivity (Wildman–Crippen MR) is 58.0 cm³/mol. The summed E-state index contributed by atoms with van der Waals surface area (Å²) < 4.78 is 0. The molecule has 0 bridgehead atoms. The molecular weight excluding hydrogens is 196 g/mol. The van der Waals surface area contributed by atoms with Crippen molar-refractivity contribution in [2.45, 2.75) is 32.1 Å². The van der Waals surface area contributed by atoms with E-state index in [2.05, 4.69) is 13.8 Å². The third-order valence-corrected chi connectivity index (χ3v) is 3.31. The molecule has 0 N–H and O–H groups in total. The summed E-state index contributed by atoms with van der Waals surface area (Å²) in [6, 6.07) is 5.72. The molecule has 0 spiro atoms. The fourth-order valence-electron chi connectivity index (χ4n) is 2.06. The van der Waals surface area contributed by atoms with Gasteiger partial charge >= 0.3 is 0 Å². The average molecular weight is 209 g/mol. The number of benzene rings is 1. The summed E-state index contributed by atoms with van der Waals surface area (Å²) in [6.45, 7) is 4.32. The lowest BCUT2D eigenvalue weighted by Crippen LogP contribution is -2.27. The first kappa shape index (κ1) is 9.72. The van der Waals surface area contributed by atoms with Gasteiger partial charge in [0.05, 0.1) is 5.02 Å². The molecule has 0 fully saturated rings. The number of carbonyl (C=O) groups excluding carboxylic acids is 1. The zero-order valence-corrected chi connectivity index (χ0v) is 9.19. The number of halogens is 1. The van der Waals surface area contributed by atoms with Gasteiger partial charge in [0.25, 0.3) is 0 Å². The van der Waals surface area contributed by atoms with Crippen LogP contribution in [0.5, 0.6) is 0 Å². The van der Waals surface area contributed by atoms with Gasteiger partial charge in [-0.15, -0.1) is 0 Å². The molecule has 74 valence electrons. The molecule has 0 amide bonds. The number of ketones is 1. The lowest BCUT2D eigenvalue weighted by atomic mass is 9.72. The Hall–Kier alpha value is -0.820. The van der Waals surface area contributed by atoms with Gasteiger partial charge in [-0.1, -0.05) is 37.6 Å². The largest absolute Gasteiger partial charge is 0.294 e. The van der Waals surface area contributed by atoms with E-state index >= 15 is 0 Å². The highest BCUT2D eigenvalue weighted by Gasteiger charge is 2.32. The molecular formula is C12H13ClO. The summed E-state index contributed by atoms with van der Waals surface area (Å²) in [5, 5.41) is 0.597. The molecule has 1 aromatic carbocycles. The third-order valence-electron chi connectivity index (χ3n) is 3.00. The first-order valence-corrected chi connectivity index (χ1v) is 5.22. The second kappa shape index (κ2) is 3.09. The molecule has 0 radical (unpaired) electrons. The fraction of sp³-hybridized carbons (Fsp3) is 0.417. The topological polar surface area (TPSA) is 17.1 Å². The highest BCUT2D eigenvalue weighted by molar-refractivity contribution is 6.34. The van der Waals surface area contributed by atoms with Gasteiger partial charge in [0, 0.05) is 12.0 Å². The number of fused-ring (bicyclic) bond motifs is 1. The quantitative estimate of drug-likeness (QED) is 0.637. The molecule has 14 heavy (non-hydrogen) atoms. The van der Waals surface area contributed by atoms with Crippen molar-refractivity contribution in [2.75, 3.05) is 0 Å². The monoisotopic (exact) mass is 208 g/mol. The van der Waals surface area contributed by atoms with Gasteiger partial charge in [0.2, 0.25) is 0 Å². The van der Waals surface area contributed by atoms with Crippen LogP contribution >= 0.6 is 11.6 Å². The molecule has 1 aromatic rings. The Balaban J connectivity index is 2.69. The van der Waals surface area contributed by atoms with Crippen LogP contribution in [-0.4, -0.2) is 5.78 Å². The standard InChI is InChI=1S/C12H13ClO/c1-12(2)7-6-10(14)11-8(12)4-3-5-9(11)13/h3-5H,6-7H2,1-2H3. The van der Waals surface area contributed by atoms with E-state index in [1.165, 1.54) is 0 Å². The number of carbonyl (C=O) groups is 1.